The summed E-state index contributed by atoms with van der Waals surface area (Å²) in [5, 5.41) is 3.47. The van der Waals surface area contributed by atoms with Gasteiger partial charge < -0.3 is 19.5 Å². The zero-order valence-electron chi connectivity index (χ0n) is 21.6. The number of carbonyl (C=O) groups excluding carboxylic acids is 2. The van der Waals surface area contributed by atoms with Gasteiger partial charge in [-0.25, -0.2) is 14.8 Å². The molecule has 0 aliphatic carbocycles. The van der Waals surface area contributed by atoms with Gasteiger partial charge in [-0.1, -0.05) is 44.0 Å². The van der Waals surface area contributed by atoms with Crippen LogP contribution in [0.25, 0.3) is 22.2 Å². The number of benzene rings is 3. The summed E-state index contributed by atoms with van der Waals surface area (Å²) in [5.41, 5.74) is 3.66. The van der Waals surface area contributed by atoms with Gasteiger partial charge in [0.2, 0.25) is 5.82 Å². The molecule has 0 fully saturated rings. The average Bonchev–Trinajstić information content (AvgIpc) is 2.94. The summed E-state index contributed by atoms with van der Waals surface area (Å²) >= 11 is 0. The Morgan fingerprint density at radius 3 is 2.42 bits per heavy atom. The van der Waals surface area contributed by atoms with Crippen LogP contribution in [-0.4, -0.2) is 42.7 Å². The molecular formula is C30H27N3O5. The number of aromatic nitrogens is 2. The van der Waals surface area contributed by atoms with Crippen LogP contribution in [0, 0.1) is 12.3 Å². The highest BCUT2D eigenvalue weighted by Crippen LogP contribution is 2.31. The molecule has 38 heavy (non-hydrogen) atoms. The van der Waals surface area contributed by atoms with E-state index in [-0.39, 0.29) is 23.7 Å². The number of amides is 1. The summed E-state index contributed by atoms with van der Waals surface area (Å²) in [6, 6.07) is 17.9. The first-order valence-electron chi connectivity index (χ1n) is 11.9. The molecule has 4 rings (SSSR count). The van der Waals surface area contributed by atoms with Crippen LogP contribution in [0.3, 0.4) is 0 Å². The highest BCUT2D eigenvalue weighted by atomic mass is 16.5. The number of terminal acetylenes is 1. The van der Waals surface area contributed by atoms with Crippen LogP contribution < -0.4 is 14.8 Å². The number of nitrogens with one attached hydrogen (secondary N) is 1. The first kappa shape index (κ1) is 26.2. The van der Waals surface area contributed by atoms with Gasteiger partial charge in [-0.2, -0.15) is 0 Å². The molecule has 0 atom stereocenters. The fraction of sp³-hybridized carbons (Fsp3) is 0.200. The molecule has 0 unspecified atom stereocenters. The van der Waals surface area contributed by atoms with E-state index in [9.17, 15) is 9.59 Å². The van der Waals surface area contributed by atoms with Crippen molar-refractivity contribution in [3.05, 3.63) is 77.6 Å². The number of fused-ring (bicyclic) bond motifs is 1. The van der Waals surface area contributed by atoms with Gasteiger partial charge in [-0.15, -0.1) is 6.42 Å². The maximum absolute atomic E-state index is 13.4. The fourth-order valence-corrected chi connectivity index (χ4v) is 3.90. The van der Waals surface area contributed by atoms with Crippen molar-refractivity contribution in [2.45, 2.75) is 19.8 Å². The number of methoxy groups -OCH3 is 2. The maximum atomic E-state index is 13.4. The molecule has 3 aromatic carbocycles. The topological polar surface area (TPSA) is 99.6 Å². The molecule has 4 aromatic rings. The van der Waals surface area contributed by atoms with E-state index < -0.39 is 11.9 Å². The van der Waals surface area contributed by atoms with Crippen molar-refractivity contribution in [1.29, 1.82) is 0 Å². The van der Waals surface area contributed by atoms with E-state index in [0.29, 0.717) is 34.0 Å². The molecule has 192 valence electrons. The zero-order valence-corrected chi connectivity index (χ0v) is 21.6. The summed E-state index contributed by atoms with van der Waals surface area (Å²) in [6.45, 7) is 4.37. The Kier molecular flexibility index (Phi) is 7.88. The van der Waals surface area contributed by atoms with Crippen molar-refractivity contribution in [3.63, 3.8) is 0 Å². The van der Waals surface area contributed by atoms with E-state index in [1.807, 2.05) is 30.3 Å². The van der Waals surface area contributed by atoms with Crippen molar-refractivity contribution < 1.29 is 23.8 Å². The maximum Gasteiger partial charge on any atom is 0.337 e. The van der Waals surface area contributed by atoms with E-state index in [0.717, 1.165) is 5.56 Å². The molecule has 8 nitrogen and oxygen atoms in total. The SMILES string of the molecule is C#CCOc1ccc2nc(C(=O)Nc3cc(C(=O)OC)ccc3OC)nc(-c3ccc(C(C)C)cc3)c2c1. The third kappa shape index (κ3) is 5.57. The molecule has 0 aliphatic rings. The smallest absolute Gasteiger partial charge is 0.337 e. The number of hydrogen-bond donors (Lipinski definition) is 1. The van der Waals surface area contributed by atoms with Crippen LogP contribution in [0.2, 0.25) is 0 Å². The molecule has 0 bridgehead atoms. The first-order valence-corrected chi connectivity index (χ1v) is 11.9. The second kappa shape index (κ2) is 11.4. The predicted molar refractivity (Wildman–Crippen MR) is 146 cm³/mol. The van der Waals surface area contributed by atoms with Crippen LogP contribution in [-0.2, 0) is 4.74 Å². The lowest BCUT2D eigenvalue weighted by atomic mass is 9.99. The number of nitrogens with zero attached hydrogens (tertiary/aromatic N) is 2. The summed E-state index contributed by atoms with van der Waals surface area (Å²) in [6.07, 6.45) is 5.34. The third-order valence-electron chi connectivity index (χ3n) is 5.91. The number of ether oxygens (including phenoxy) is 3. The molecule has 0 saturated carbocycles. The van der Waals surface area contributed by atoms with Gasteiger partial charge in [0.25, 0.3) is 5.91 Å². The number of hydrogen-bond acceptors (Lipinski definition) is 7. The quantitative estimate of drug-likeness (QED) is 0.248. The summed E-state index contributed by atoms with van der Waals surface area (Å²) in [4.78, 5) is 34.5. The van der Waals surface area contributed by atoms with E-state index in [1.54, 1.807) is 24.3 Å². The third-order valence-corrected chi connectivity index (χ3v) is 5.91. The normalized spacial score (nSPS) is 10.6. The second-order valence-corrected chi connectivity index (χ2v) is 8.71. The van der Waals surface area contributed by atoms with Crippen molar-refractivity contribution >= 4 is 28.5 Å². The minimum Gasteiger partial charge on any atom is -0.495 e. The lowest BCUT2D eigenvalue weighted by Gasteiger charge is -2.13. The Bertz CT molecular complexity index is 1540. The van der Waals surface area contributed by atoms with Crippen LogP contribution in [0.4, 0.5) is 5.69 Å². The summed E-state index contributed by atoms with van der Waals surface area (Å²) in [7, 11) is 2.75. The van der Waals surface area contributed by atoms with Gasteiger partial charge in [0.1, 0.15) is 18.1 Å². The molecule has 1 aromatic heterocycles. The molecule has 1 N–H and O–H groups in total. The number of rotatable bonds is 8. The molecule has 1 heterocycles. The number of carbonyl (C=O) groups is 2. The Labute approximate surface area is 221 Å². The molecule has 8 heteroatoms. The van der Waals surface area contributed by atoms with Gasteiger partial charge in [0.05, 0.1) is 36.7 Å². The molecule has 0 radical (unpaired) electrons. The Morgan fingerprint density at radius 1 is 1.00 bits per heavy atom. The lowest BCUT2D eigenvalue weighted by molar-refractivity contribution is 0.0600. The monoisotopic (exact) mass is 509 g/mol. The largest absolute Gasteiger partial charge is 0.495 e. The fourth-order valence-electron chi connectivity index (χ4n) is 3.90. The summed E-state index contributed by atoms with van der Waals surface area (Å²) < 4.78 is 15.7. The standard InChI is InChI=1S/C30H27N3O5/c1-6-15-38-22-12-13-24-23(17-22)27(20-9-7-19(8-10-20)18(2)3)33-28(31-24)29(34)32-25-16-21(30(35)37-5)11-14-26(25)36-4/h1,7-14,16-18H,15H2,2-5H3,(H,32,34). The van der Waals surface area contributed by atoms with Gasteiger partial charge >= 0.3 is 5.97 Å². The number of esters is 1. The predicted octanol–water partition coefficient (Wildman–Crippen LogP) is 5.48. The Balaban J connectivity index is 1.79. The average molecular weight is 510 g/mol. The van der Waals surface area contributed by atoms with Crippen molar-refractivity contribution in [1.82, 2.24) is 9.97 Å². The number of anilines is 1. The van der Waals surface area contributed by atoms with E-state index in [1.165, 1.54) is 25.8 Å². The van der Waals surface area contributed by atoms with Gasteiger partial charge in [0, 0.05) is 10.9 Å². The lowest BCUT2D eigenvalue weighted by Crippen LogP contribution is -2.17. The van der Waals surface area contributed by atoms with Crippen molar-refractivity contribution in [2.24, 2.45) is 0 Å². The van der Waals surface area contributed by atoms with Crippen LogP contribution in [0.5, 0.6) is 11.5 Å². The van der Waals surface area contributed by atoms with E-state index >= 15 is 0 Å². The molecule has 0 saturated heterocycles. The Morgan fingerprint density at radius 2 is 1.76 bits per heavy atom. The molecule has 1 amide bonds. The highest BCUT2D eigenvalue weighted by molar-refractivity contribution is 6.05. The minimum absolute atomic E-state index is 0.0525. The zero-order chi connectivity index (χ0) is 27.2. The first-order chi connectivity index (χ1) is 18.3. The van der Waals surface area contributed by atoms with E-state index in [4.69, 9.17) is 20.6 Å². The van der Waals surface area contributed by atoms with Crippen molar-refractivity contribution in [2.75, 3.05) is 26.1 Å². The molecule has 0 spiro atoms. The van der Waals surface area contributed by atoms with Crippen LogP contribution in [0.15, 0.2) is 60.7 Å². The Hall–Kier alpha value is -4.90. The van der Waals surface area contributed by atoms with E-state index in [2.05, 4.69) is 35.1 Å². The second-order valence-electron chi connectivity index (χ2n) is 8.71. The van der Waals surface area contributed by atoms with Gasteiger partial charge in [-0.3, -0.25) is 4.79 Å². The van der Waals surface area contributed by atoms with Crippen LogP contribution >= 0.6 is 0 Å². The van der Waals surface area contributed by atoms with Gasteiger partial charge in [-0.05, 0) is 47.9 Å². The molecular weight excluding hydrogens is 482 g/mol. The summed E-state index contributed by atoms with van der Waals surface area (Å²) in [5.74, 6) is 2.59. The van der Waals surface area contributed by atoms with Crippen LogP contribution in [0.1, 0.15) is 46.3 Å². The highest BCUT2D eigenvalue weighted by Gasteiger charge is 2.19. The van der Waals surface area contributed by atoms with Crippen molar-refractivity contribution in [3.8, 4) is 35.1 Å². The minimum atomic E-state index is -0.570. The molecule has 0 aliphatic heterocycles. The van der Waals surface area contributed by atoms with Gasteiger partial charge in [0.15, 0.2) is 0 Å².